The number of rotatable bonds is 6. The number of aromatic nitrogens is 2. The van der Waals surface area contributed by atoms with Crippen LogP contribution < -0.4 is 4.74 Å². The van der Waals surface area contributed by atoms with Crippen molar-refractivity contribution in [2.24, 2.45) is 0 Å². The number of nitrogens with zero attached hydrogens (tertiary/aromatic N) is 2. The summed E-state index contributed by atoms with van der Waals surface area (Å²) in [4.78, 5) is 0. The maximum absolute atomic E-state index is 13.9. The summed E-state index contributed by atoms with van der Waals surface area (Å²) in [5, 5.41) is 13.9. The lowest BCUT2D eigenvalue weighted by Gasteiger charge is -2.10. The molecule has 1 heterocycles. The fourth-order valence-electron chi connectivity index (χ4n) is 2.12. The van der Waals surface area contributed by atoms with Gasteiger partial charge in [-0.05, 0) is 44.0 Å². The zero-order chi connectivity index (χ0) is 15.4. The molecule has 0 aliphatic rings. The minimum Gasteiger partial charge on any atom is -0.484 e. The fourth-order valence-corrected chi connectivity index (χ4v) is 2.12. The Morgan fingerprint density at radius 2 is 2.10 bits per heavy atom. The van der Waals surface area contributed by atoms with E-state index < -0.39 is 11.9 Å². The van der Waals surface area contributed by atoms with Gasteiger partial charge in [0, 0.05) is 6.54 Å². The highest BCUT2D eigenvalue weighted by molar-refractivity contribution is 5.30. The van der Waals surface area contributed by atoms with Gasteiger partial charge in [0.1, 0.15) is 6.61 Å². The van der Waals surface area contributed by atoms with Gasteiger partial charge in [0.15, 0.2) is 11.6 Å². The van der Waals surface area contributed by atoms with Gasteiger partial charge in [0.2, 0.25) is 0 Å². The fraction of sp³-hybridized carbons (Fsp3) is 0.438. The van der Waals surface area contributed by atoms with Gasteiger partial charge >= 0.3 is 0 Å². The van der Waals surface area contributed by atoms with Crippen LogP contribution in [0.15, 0.2) is 24.3 Å². The van der Waals surface area contributed by atoms with E-state index >= 15 is 0 Å². The van der Waals surface area contributed by atoms with Crippen LogP contribution in [0.25, 0.3) is 0 Å². The van der Waals surface area contributed by atoms with E-state index in [4.69, 9.17) is 4.74 Å². The Hall–Kier alpha value is -1.88. The smallest absolute Gasteiger partial charge is 0.165 e. The highest BCUT2D eigenvalue weighted by atomic mass is 19.1. The summed E-state index contributed by atoms with van der Waals surface area (Å²) in [7, 11) is 0. The van der Waals surface area contributed by atoms with E-state index in [0.717, 1.165) is 24.4 Å². The third-order valence-corrected chi connectivity index (χ3v) is 3.39. The Balaban J connectivity index is 2.11. The van der Waals surface area contributed by atoms with E-state index in [9.17, 15) is 9.50 Å². The van der Waals surface area contributed by atoms with Crippen molar-refractivity contribution >= 4 is 0 Å². The molecule has 4 nitrogen and oxygen atoms in total. The van der Waals surface area contributed by atoms with E-state index in [0.29, 0.717) is 5.56 Å². The third-order valence-electron chi connectivity index (χ3n) is 3.39. The summed E-state index contributed by atoms with van der Waals surface area (Å²) in [5.74, 6) is -0.284. The molecule has 114 valence electrons. The molecule has 1 aromatic heterocycles. The standard InChI is InChI=1S/C16H21FN2O2/c1-4-13-9-14(19(5-2)18-13)10-21-16-7-6-12(11(3)20)8-15(16)17/h6-9,11,20H,4-5,10H2,1-3H3. The Bertz CT molecular complexity index is 608. The number of aliphatic hydroxyl groups excluding tert-OH is 1. The van der Waals surface area contributed by atoms with Gasteiger partial charge in [-0.25, -0.2) is 4.39 Å². The second-order valence-electron chi connectivity index (χ2n) is 4.95. The molecule has 1 unspecified atom stereocenters. The largest absolute Gasteiger partial charge is 0.484 e. The number of ether oxygens (including phenoxy) is 1. The van der Waals surface area contributed by atoms with Crippen LogP contribution in [0.2, 0.25) is 0 Å². The second-order valence-corrected chi connectivity index (χ2v) is 4.95. The third kappa shape index (κ3) is 3.61. The molecule has 0 radical (unpaired) electrons. The molecule has 0 aliphatic heterocycles. The lowest BCUT2D eigenvalue weighted by Crippen LogP contribution is -2.07. The molecule has 1 atom stereocenters. The van der Waals surface area contributed by atoms with E-state index in [1.54, 1.807) is 19.1 Å². The molecule has 2 rings (SSSR count). The zero-order valence-electron chi connectivity index (χ0n) is 12.6. The normalized spacial score (nSPS) is 12.4. The highest BCUT2D eigenvalue weighted by Gasteiger charge is 2.10. The Morgan fingerprint density at radius 1 is 1.33 bits per heavy atom. The first-order valence-corrected chi connectivity index (χ1v) is 7.21. The number of hydrogen-bond donors (Lipinski definition) is 1. The summed E-state index contributed by atoms with van der Waals surface area (Å²) in [6, 6.07) is 6.49. The molecule has 0 amide bonds. The molecular weight excluding hydrogens is 271 g/mol. The topological polar surface area (TPSA) is 47.3 Å². The van der Waals surface area contributed by atoms with Gasteiger partial charge in [-0.1, -0.05) is 13.0 Å². The zero-order valence-corrected chi connectivity index (χ0v) is 12.6. The van der Waals surface area contributed by atoms with E-state index in [1.807, 2.05) is 24.6 Å². The summed E-state index contributed by atoms with van der Waals surface area (Å²) in [6.45, 7) is 6.67. The van der Waals surface area contributed by atoms with Crippen molar-refractivity contribution < 1.29 is 14.2 Å². The lowest BCUT2D eigenvalue weighted by molar-refractivity contribution is 0.198. The molecule has 0 bridgehead atoms. The number of halogens is 1. The first kappa shape index (κ1) is 15.5. The molecule has 1 N–H and O–H groups in total. The Kier molecular flexibility index (Phi) is 4.96. The minimum absolute atomic E-state index is 0.182. The monoisotopic (exact) mass is 292 g/mol. The van der Waals surface area contributed by atoms with Crippen molar-refractivity contribution in [1.29, 1.82) is 0 Å². The Morgan fingerprint density at radius 3 is 2.67 bits per heavy atom. The summed E-state index contributed by atoms with van der Waals surface area (Å²) in [5.41, 5.74) is 2.46. The molecular formula is C16H21FN2O2. The average Bonchev–Trinajstić information content (AvgIpc) is 2.88. The van der Waals surface area contributed by atoms with Gasteiger partial charge in [0.05, 0.1) is 17.5 Å². The SMILES string of the molecule is CCc1cc(COc2ccc(C(C)O)cc2F)n(CC)n1. The maximum atomic E-state index is 13.9. The van der Waals surface area contributed by atoms with Crippen molar-refractivity contribution in [3.05, 3.63) is 47.0 Å². The second kappa shape index (κ2) is 6.72. The number of aliphatic hydroxyl groups is 1. The van der Waals surface area contributed by atoms with E-state index in [2.05, 4.69) is 5.10 Å². The van der Waals surface area contributed by atoms with Crippen molar-refractivity contribution in [2.75, 3.05) is 0 Å². The van der Waals surface area contributed by atoms with Gasteiger partial charge in [-0.3, -0.25) is 4.68 Å². The molecule has 2 aromatic rings. The molecule has 5 heteroatoms. The quantitative estimate of drug-likeness (QED) is 0.889. The van der Waals surface area contributed by atoms with Crippen molar-refractivity contribution in [3.8, 4) is 5.75 Å². The van der Waals surface area contributed by atoms with E-state index in [1.165, 1.54) is 6.07 Å². The maximum Gasteiger partial charge on any atom is 0.165 e. The van der Waals surface area contributed by atoms with Gasteiger partial charge in [-0.2, -0.15) is 5.10 Å². The number of benzene rings is 1. The van der Waals surface area contributed by atoms with Gasteiger partial charge in [0.25, 0.3) is 0 Å². The summed E-state index contributed by atoms with van der Waals surface area (Å²) < 4.78 is 21.3. The predicted molar refractivity (Wildman–Crippen MR) is 78.6 cm³/mol. The van der Waals surface area contributed by atoms with Crippen molar-refractivity contribution in [2.45, 2.75) is 46.4 Å². The molecule has 0 aliphatic carbocycles. The molecule has 1 aromatic carbocycles. The molecule has 0 fully saturated rings. The molecule has 21 heavy (non-hydrogen) atoms. The first-order chi connectivity index (χ1) is 10.0. The molecule has 0 saturated heterocycles. The van der Waals surface area contributed by atoms with Crippen LogP contribution in [0.5, 0.6) is 5.75 Å². The van der Waals surface area contributed by atoms with Crippen LogP contribution in [0, 0.1) is 5.82 Å². The lowest BCUT2D eigenvalue weighted by atomic mass is 10.1. The molecule has 0 saturated carbocycles. The number of hydrogen-bond acceptors (Lipinski definition) is 3. The summed E-state index contributed by atoms with van der Waals surface area (Å²) in [6.07, 6.45) is 0.166. The summed E-state index contributed by atoms with van der Waals surface area (Å²) >= 11 is 0. The van der Waals surface area contributed by atoms with Crippen LogP contribution in [0.3, 0.4) is 0 Å². The first-order valence-electron chi connectivity index (χ1n) is 7.21. The van der Waals surface area contributed by atoms with Gasteiger partial charge < -0.3 is 9.84 Å². The van der Waals surface area contributed by atoms with Crippen LogP contribution in [-0.2, 0) is 19.6 Å². The van der Waals surface area contributed by atoms with Crippen LogP contribution in [-0.4, -0.2) is 14.9 Å². The van der Waals surface area contributed by atoms with Crippen LogP contribution in [0.4, 0.5) is 4.39 Å². The van der Waals surface area contributed by atoms with Gasteiger partial charge in [-0.15, -0.1) is 0 Å². The van der Waals surface area contributed by atoms with Crippen LogP contribution >= 0.6 is 0 Å². The van der Waals surface area contributed by atoms with Crippen molar-refractivity contribution in [3.63, 3.8) is 0 Å². The van der Waals surface area contributed by atoms with Crippen LogP contribution in [0.1, 0.15) is 43.8 Å². The predicted octanol–water partition coefficient (Wildman–Crippen LogP) is 3.24. The Labute approximate surface area is 124 Å². The minimum atomic E-state index is -0.692. The van der Waals surface area contributed by atoms with E-state index in [-0.39, 0.29) is 12.4 Å². The van der Waals surface area contributed by atoms with Crippen molar-refractivity contribution in [1.82, 2.24) is 9.78 Å². The molecule has 0 spiro atoms. The number of aryl methyl sites for hydroxylation is 2. The average molecular weight is 292 g/mol. The highest BCUT2D eigenvalue weighted by Crippen LogP contribution is 2.23.